The van der Waals surface area contributed by atoms with Crippen molar-refractivity contribution in [3.05, 3.63) is 23.8 Å². The highest BCUT2D eigenvalue weighted by atomic mass is 16.7. The monoisotopic (exact) mass is 261 g/mol. The van der Waals surface area contributed by atoms with Gasteiger partial charge in [0.05, 0.1) is 0 Å². The minimum Gasteiger partial charge on any atom is -0.454 e. The van der Waals surface area contributed by atoms with Crippen LogP contribution in [0.2, 0.25) is 0 Å². The lowest BCUT2D eigenvalue weighted by Crippen LogP contribution is -2.33. The summed E-state index contributed by atoms with van der Waals surface area (Å²) >= 11 is 0. The van der Waals surface area contributed by atoms with Crippen LogP contribution in [0.4, 0.5) is 0 Å². The van der Waals surface area contributed by atoms with Gasteiger partial charge in [-0.2, -0.15) is 0 Å². The van der Waals surface area contributed by atoms with Crippen LogP contribution in [0, 0.1) is 5.92 Å². The maximum absolute atomic E-state index is 5.42. The summed E-state index contributed by atoms with van der Waals surface area (Å²) in [7, 11) is 0. The van der Waals surface area contributed by atoms with Crippen LogP contribution in [-0.2, 0) is 6.54 Å². The summed E-state index contributed by atoms with van der Waals surface area (Å²) in [6.07, 6.45) is 6.82. The van der Waals surface area contributed by atoms with Crippen LogP contribution in [0.25, 0.3) is 0 Å². The summed E-state index contributed by atoms with van der Waals surface area (Å²) in [5.41, 5.74) is 1.28. The molecule has 1 N–H and O–H groups in total. The zero-order chi connectivity index (χ0) is 13.1. The Kier molecular flexibility index (Phi) is 3.92. The van der Waals surface area contributed by atoms with E-state index in [4.69, 9.17) is 9.47 Å². The summed E-state index contributed by atoms with van der Waals surface area (Å²) in [6, 6.07) is 6.89. The summed E-state index contributed by atoms with van der Waals surface area (Å²) in [5.74, 6) is 2.54. The first kappa shape index (κ1) is 12.8. The molecule has 2 atom stereocenters. The predicted octanol–water partition coefficient (Wildman–Crippen LogP) is 3.47. The quantitative estimate of drug-likeness (QED) is 0.845. The van der Waals surface area contributed by atoms with Gasteiger partial charge in [-0.25, -0.2) is 0 Å². The molecular weight excluding hydrogens is 238 g/mol. The lowest BCUT2D eigenvalue weighted by molar-refractivity contribution is 0.174. The van der Waals surface area contributed by atoms with Gasteiger partial charge in [0.2, 0.25) is 6.79 Å². The average molecular weight is 261 g/mol. The number of rotatable bonds is 3. The van der Waals surface area contributed by atoms with Crippen LogP contribution < -0.4 is 14.8 Å². The molecule has 1 aromatic carbocycles. The maximum Gasteiger partial charge on any atom is 0.231 e. The Morgan fingerprint density at radius 3 is 2.89 bits per heavy atom. The highest BCUT2D eigenvalue weighted by molar-refractivity contribution is 5.44. The van der Waals surface area contributed by atoms with Crippen molar-refractivity contribution in [1.29, 1.82) is 0 Å². The van der Waals surface area contributed by atoms with E-state index >= 15 is 0 Å². The molecule has 3 rings (SSSR count). The molecule has 1 heterocycles. The van der Waals surface area contributed by atoms with Gasteiger partial charge in [0.1, 0.15) is 0 Å². The second-order valence-electron chi connectivity index (χ2n) is 5.79. The zero-order valence-corrected chi connectivity index (χ0v) is 11.7. The lowest BCUT2D eigenvalue weighted by atomic mass is 9.97. The van der Waals surface area contributed by atoms with Crippen LogP contribution in [0.3, 0.4) is 0 Å². The van der Waals surface area contributed by atoms with Gasteiger partial charge in [0, 0.05) is 12.6 Å². The Bertz CT molecular complexity index is 433. The summed E-state index contributed by atoms with van der Waals surface area (Å²) in [5, 5.41) is 3.72. The highest BCUT2D eigenvalue weighted by Gasteiger charge is 2.19. The highest BCUT2D eigenvalue weighted by Crippen LogP contribution is 2.32. The molecule has 1 aliphatic heterocycles. The van der Waals surface area contributed by atoms with Crippen molar-refractivity contribution >= 4 is 0 Å². The largest absolute Gasteiger partial charge is 0.454 e. The Morgan fingerprint density at radius 2 is 1.95 bits per heavy atom. The minimum atomic E-state index is 0.353. The molecule has 0 amide bonds. The van der Waals surface area contributed by atoms with Crippen molar-refractivity contribution in [1.82, 2.24) is 5.32 Å². The smallest absolute Gasteiger partial charge is 0.231 e. The number of hydrogen-bond acceptors (Lipinski definition) is 3. The molecule has 0 aromatic heterocycles. The first-order chi connectivity index (χ1) is 9.33. The van der Waals surface area contributed by atoms with Crippen LogP contribution in [-0.4, -0.2) is 12.8 Å². The van der Waals surface area contributed by atoms with E-state index in [1.54, 1.807) is 0 Å². The second kappa shape index (κ2) is 5.83. The van der Waals surface area contributed by atoms with Gasteiger partial charge in [-0.1, -0.05) is 32.3 Å². The van der Waals surface area contributed by atoms with Gasteiger partial charge in [0.15, 0.2) is 11.5 Å². The van der Waals surface area contributed by atoms with Crippen LogP contribution in [0.15, 0.2) is 18.2 Å². The van der Waals surface area contributed by atoms with Gasteiger partial charge in [-0.3, -0.25) is 0 Å². The van der Waals surface area contributed by atoms with Crippen LogP contribution in [0.5, 0.6) is 11.5 Å². The minimum absolute atomic E-state index is 0.353. The second-order valence-corrected chi connectivity index (χ2v) is 5.79. The molecule has 0 saturated heterocycles. The Balaban J connectivity index is 1.59. The van der Waals surface area contributed by atoms with Crippen molar-refractivity contribution in [3.8, 4) is 11.5 Å². The van der Waals surface area contributed by atoms with E-state index in [1.807, 2.05) is 6.07 Å². The standard InChI is InChI=1S/C16H23NO2/c1-12-5-3-2-4-6-14(12)17-10-13-7-8-15-16(9-13)19-11-18-15/h7-9,12,14,17H,2-6,10-11H2,1H3. The third-order valence-electron chi connectivity index (χ3n) is 4.37. The number of hydrogen-bond donors (Lipinski definition) is 1. The summed E-state index contributed by atoms with van der Waals surface area (Å²) in [4.78, 5) is 0. The number of fused-ring (bicyclic) bond motifs is 1. The van der Waals surface area contributed by atoms with E-state index in [1.165, 1.54) is 37.7 Å². The zero-order valence-electron chi connectivity index (χ0n) is 11.7. The lowest BCUT2D eigenvalue weighted by Gasteiger charge is -2.23. The van der Waals surface area contributed by atoms with Crippen LogP contribution in [0.1, 0.15) is 44.6 Å². The van der Waals surface area contributed by atoms with Crippen molar-refractivity contribution < 1.29 is 9.47 Å². The number of benzene rings is 1. The topological polar surface area (TPSA) is 30.5 Å². The van der Waals surface area contributed by atoms with E-state index in [-0.39, 0.29) is 0 Å². The Morgan fingerprint density at radius 1 is 1.11 bits per heavy atom. The predicted molar refractivity (Wildman–Crippen MR) is 75.4 cm³/mol. The Hall–Kier alpha value is -1.22. The molecular formula is C16H23NO2. The molecule has 3 heteroatoms. The van der Waals surface area contributed by atoms with Crippen LogP contribution >= 0.6 is 0 Å². The van der Waals surface area contributed by atoms with E-state index in [0.717, 1.165) is 24.0 Å². The maximum atomic E-state index is 5.42. The normalized spacial score (nSPS) is 26.2. The summed E-state index contributed by atoms with van der Waals surface area (Å²) in [6.45, 7) is 3.65. The number of ether oxygens (including phenoxy) is 2. The fourth-order valence-corrected chi connectivity index (χ4v) is 3.10. The molecule has 104 valence electrons. The SMILES string of the molecule is CC1CCCCCC1NCc1ccc2c(c1)OCO2. The third kappa shape index (κ3) is 3.03. The molecule has 1 aliphatic carbocycles. The van der Waals surface area contributed by atoms with Crippen molar-refractivity contribution in [2.24, 2.45) is 5.92 Å². The molecule has 3 nitrogen and oxygen atoms in total. The average Bonchev–Trinajstić information content (AvgIpc) is 2.79. The van der Waals surface area contributed by atoms with Crippen molar-refractivity contribution in [3.63, 3.8) is 0 Å². The first-order valence-electron chi connectivity index (χ1n) is 7.45. The fraction of sp³-hybridized carbons (Fsp3) is 0.625. The molecule has 2 aliphatic rings. The van der Waals surface area contributed by atoms with E-state index < -0.39 is 0 Å². The van der Waals surface area contributed by atoms with Crippen molar-refractivity contribution in [2.75, 3.05) is 6.79 Å². The fourth-order valence-electron chi connectivity index (χ4n) is 3.10. The molecule has 0 radical (unpaired) electrons. The van der Waals surface area contributed by atoms with Gasteiger partial charge >= 0.3 is 0 Å². The Labute approximate surface area is 115 Å². The van der Waals surface area contributed by atoms with E-state index in [2.05, 4.69) is 24.4 Å². The molecule has 1 aromatic rings. The molecule has 0 bridgehead atoms. The molecule has 2 unspecified atom stereocenters. The number of nitrogens with one attached hydrogen (secondary N) is 1. The molecule has 1 fully saturated rings. The molecule has 1 saturated carbocycles. The van der Waals surface area contributed by atoms with E-state index in [9.17, 15) is 0 Å². The van der Waals surface area contributed by atoms with E-state index in [0.29, 0.717) is 12.8 Å². The molecule has 0 spiro atoms. The summed E-state index contributed by atoms with van der Waals surface area (Å²) < 4.78 is 10.8. The van der Waals surface area contributed by atoms with Gasteiger partial charge < -0.3 is 14.8 Å². The van der Waals surface area contributed by atoms with Crippen molar-refractivity contribution in [2.45, 2.75) is 51.6 Å². The third-order valence-corrected chi connectivity index (χ3v) is 4.37. The van der Waals surface area contributed by atoms with Gasteiger partial charge in [-0.05, 0) is 36.5 Å². The molecule has 19 heavy (non-hydrogen) atoms. The van der Waals surface area contributed by atoms with Gasteiger partial charge in [-0.15, -0.1) is 0 Å². The van der Waals surface area contributed by atoms with Gasteiger partial charge in [0.25, 0.3) is 0 Å². The first-order valence-corrected chi connectivity index (χ1v) is 7.45.